The molecule has 0 nitrogen and oxygen atoms in total. The fraction of sp³-hybridized carbons (Fsp3) is 0. The highest BCUT2D eigenvalue weighted by molar-refractivity contribution is 9.10. The highest BCUT2D eigenvalue weighted by atomic mass is 79.9. The summed E-state index contributed by atoms with van der Waals surface area (Å²) in [5.41, 5.74) is 0. The molecule has 0 unspecified atom stereocenters. The monoisotopic (exact) mass is 282 g/mol. The van der Waals surface area contributed by atoms with Gasteiger partial charge in [0.05, 0.1) is 4.47 Å². The molecule has 0 fully saturated rings. The van der Waals surface area contributed by atoms with Crippen molar-refractivity contribution >= 4 is 27.7 Å². The molecule has 0 aromatic heterocycles. The van der Waals surface area contributed by atoms with E-state index in [1.807, 2.05) is 36.4 Å². The zero-order chi connectivity index (χ0) is 10.7. The summed E-state index contributed by atoms with van der Waals surface area (Å²) >= 11 is 4.68. The zero-order valence-corrected chi connectivity index (χ0v) is 10.2. The molecule has 0 radical (unpaired) electrons. The van der Waals surface area contributed by atoms with Crippen LogP contribution in [0.25, 0.3) is 0 Å². The van der Waals surface area contributed by atoms with Gasteiger partial charge in [-0.15, -0.1) is 0 Å². The van der Waals surface area contributed by atoms with Crippen molar-refractivity contribution < 1.29 is 4.39 Å². The molecule has 0 aliphatic carbocycles. The Morgan fingerprint density at radius 2 is 1.67 bits per heavy atom. The molecule has 2 rings (SSSR count). The number of rotatable bonds is 2. The first-order valence-corrected chi connectivity index (χ1v) is 6.04. The lowest BCUT2D eigenvalue weighted by Crippen LogP contribution is -1.78. The summed E-state index contributed by atoms with van der Waals surface area (Å²) in [7, 11) is 0. The maximum absolute atomic E-state index is 13.2. The number of halogens is 2. The van der Waals surface area contributed by atoms with Crippen LogP contribution >= 0.6 is 27.7 Å². The molecule has 0 amide bonds. The van der Waals surface area contributed by atoms with E-state index in [0.717, 1.165) is 9.79 Å². The molecule has 0 N–H and O–H groups in total. The van der Waals surface area contributed by atoms with Crippen LogP contribution in [0, 0.1) is 5.82 Å². The Kier molecular flexibility index (Phi) is 3.44. The number of benzene rings is 2. The van der Waals surface area contributed by atoms with Gasteiger partial charge in [-0.05, 0) is 46.3 Å². The third-order valence-electron chi connectivity index (χ3n) is 1.87. The largest absolute Gasteiger partial charge is 0.206 e. The van der Waals surface area contributed by atoms with Crippen molar-refractivity contribution in [2.75, 3.05) is 0 Å². The average Bonchev–Trinajstić information content (AvgIpc) is 2.25. The molecule has 0 atom stereocenters. The van der Waals surface area contributed by atoms with Crippen molar-refractivity contribution in [1.29, 1.82) is 0 Å². The molecule has 15 heavy (non-hydrogen) atoms. The van der Waals surface area contributed by atoms with Crippen molar-refractivity contribution in [2.45, 2.75) is 9.79 Å². The quantitative estimate of drug-likeness (QED) is 0.767. The second-order valence-electron chi connectivity index (χ2n) is 2.99. The molecule has 0 saturated heterocycles. The lowest BCUT2D eigenvalue weighted by molar-refractivity contribution is 0.617. The van der Waals surface area contributed by atoms with E-state index in [1.165, 1.54) is 6.07 Å². The van der Waals surface area contributed by atoms with E-state index in [1.54, 1.807) is 17.8 Å². The van der Waals surface area contributed by atoms with E-state index in [2.05, 4.69) is 15.9 Å². The Labute approximate surface area is 101 Å². The summed E-state index contributed by atoms with van der Waals surface area (Å²) in [6, 6.07) is 15.1. The number of hydrogen-bond donors (Lipinski definition) is 0. The minimum Gasteiger partial charge on any atom is -0.206 e. The van der Waals surface area contributed by atoms with Crippen LogP contribution in [0.15, 0.2) is 62.8 Å². The second-order valence-corrected chi connectivity index (χ2v) is 4.99. The fourth-order valence-electron chi connectivity index (χ4n) is 1.16. The van der Waals surface area contributed by atoms with E-state index in [0.29, 0.717) is 4.47 Å². The van der Waals surface area contributed by atoms with Crippen LogP contribution in [0.4, 0.5) is 4.39 Å². The van der Waals surface area contributed by atoms with Crippen LogP contribution in [0.5, 0.6) is 0 Å². The summed E-state index contributed by atoms with van der Waals surface area (Å²) in [6.45, 7) is 0. The Hall–Kier alpha value is -0.800. The molecule has 0 heterocycles. The lowest BCUT2D eigenvalue weighted by atomic mass is 10.3. The number of hydrogen-bond acceptors (Lipinski definition) is 1. The van der Waals surface area contributed by atoms with Gasteiger partial charge in [0.1, 0.15) is 5.82 Å². The van der Waals surface area contributed by atoms with E-state index >= 15 is 0 Å². The van der Waals surface area contributed by atoms with E-state index in [9.17, 15) is 4.39 Å². The topological polar surface area (TPSA) is 0 Å². The highest BCUT2D eigenvalue weighted by Gasteiger charge is 2.01. The lowest BCUT2D eigenvalue weighted by Gasteiger charge is -2.02. The molecular weight excluding hydrogens is 275 g/mol. The molecule has 0 bridgehead atoms. The first kappa shape index (κ1) is 10.7. The predicted molar refractivity (Wildman–Crippen MR) is 64.7 cm³/mol. The van der Waals surface area contributed by atoms with E-state index < -0.39 is 0 Å². The standard InChI is InChI=1S/C12H8BrFS/c13-11-7-6-10(8-12(11)14)15-9-4-2-1-3-5-9/h1-8H. The second kappa shape index (κ2) is 4.81. The average molecular weight is 283 g/mol. The van der Waals surface area contributed by atoms with Crippen LogP contribution < -0.4 is 0 Å². The van der Waals surface area contributed by atoms with Gasteiger partial charge in [0.25, 0.3) is 0 Å². The van der Waals surface area contributed by atoms with Gasteiger partial charge in [-0.25, -0.2) is 4.39 Å². The van der Waals surface area contributed by atoms with Crippen LogP contribution in [-0.2, 0) is 0 Å². The molecule has 3 heteroatoms. The molecule has 2 aromatic rings. The van der Waals surface area contributed by atoms with Gasteiger partial charge in [-0.3, -0.25) is 0 Å². The highest BCUT2D eigenvalue weighted by Crippen LogP contribution is 2.29. The van der Waals surface area contributed by atoms with Gasteiger partial charge in [0.15, 0.2) is 0 Å². The smallest absolute Gasteiger partial charge is 0.138 e. The molecule has 0 saturated carbocycles. The van der Waals surface area contributed by atoms with Gasteiger partial charge in [-0.1, -0.05) is 30.0 Å². The maximum Gasteiger partial charge on any atom is 0.138 e. The third-order valence-corrected chi connectivity index (χ3v) is 3.51. The SMILES string of the molecule is Fc1cc(Sc2ccccc2)ccc1Br. The summed E-state index contributed by atoms with van der Waals surface area (Å²) in [5, 5.41) is 0. The van der Waals surface area contributed by atoms with E-state index in [-0.39, 0.29) is 5.82 Å². The summed E-state index contributed by atoms with van der Waals surface area (Å²) in [4.78, 5) is 2.01. The first-order chi connectivity index (χ1) is 7.25. The molecule has 0 spiro atoms. The van der Waals surface area contributed by atoms with Gasteiger partial charge in [0.2, 0.25) is 0 Å². The van der Waals surface area contributed by atoms with Crippen LogP contribution in [0.2, 0.25) is 0 Å². The van der Waals surface area contributed by atoms with E-state index in [4.69, 9.17) is 0 Å². The van der Waals surface area contributed by atoms with Gasteiger partial charge >= 0.3 is 0 Å². The minimum atomic E-state index is -0.226. The summed E-state index contributed by atoms with van der Waals surface area (Å²) in [6.07, 6.45) is 0. The molecule has 2 aromatic carbocycles. The van der Waals surface area contributed by atoms with Crippen LogP contribution in [-0.4, -0.2) is 0 Å². The Morgan fingerprint density at radius 3 is 2.33 bits per heavy atom. The summed E-state index contributed by atoms with van der Waals surface area (Å²) < 4.78 is 13.7. The minimum absolute atomic E-state index is 0.226. The first-order valence-electron chi connectivity index (χ1n) is 4.43. The Balaban J connectivity index is 2.22. The Morgan fingerprint density at radius 1 is 0.933 bits per heavy atom. The van der Waals surface area contributed by atoms with Gasteiger partial charge < -0.3 is 0 Å². The van der Waals surface area contributed by atoms with Crippen molar-refractivity contribution in [3.63, 3.8) is 0 Å². The van der Waals surface area contributed by atoms with Crippen molar-refractivity contribution in [2.24, 2.45) is 0 Å². The Bertz CT molecular complexity index is 456. The molecule has 0 aliphatic rings. The molecular formula is C12H8BrFS. The normalized spacial score (nSPS) is 10.3. The van der Waals surface area contributed by atoms with Gasteiger partial charge in [0, 0.05) is 9.79 Å². The zero-order valence-electron chi connectivity index (χ0n) is 7.78. The third kappa shape index (κ3) is 2.83. The maximum atomic E-state index is 13.2. The van der Waals surface area contributed by atoms with Crippen LogP contribution in [0.3, 0.4) is 0 Å². The molecule has 0 aliphatic heterocycles. The van der Waals surface area contributed by atoms with Gasteiger partial charge in [-0.2, -0.15) is 0 Å². The van der Waals surface area contributed by atoms with Crippen molar-refractivity contribution in [3.8, 4) is 0 Å². The summed E-state index contributed by atoms with van der Waals surface area (Å²) in [5.74, 6) is -0.226. The molecule has 76 valence electrons. The predicted octanol–water partition coefficient (Wildman–Crippen LogP) is 4.74. The van der Waals surface area contributed by atoms with Crippen molar-refractivity contribution in [3.05, 3.63) is 58.8 Å². The van der Waals surface area contributed by atoms with Crippen molar-refractivity contribution in [1.82, 2.24) is 0 Å². The van der Waals surface area contributed by atoms with Crippen LogP contribution in [0.1, 0.15) is 0 Å². The fourth-order valence-corrected chi connectivity index (χ4v) is 2.28.